The van der Waals surface area contributed by atoms with Crippen LogP contribution in [0.15, 0.2) is 97.3 Å². The maximum absolute atomic E-state index is 16.5. The number of hydrogen-bond acceptors (Lipinski definition) is 6. The number of fused-ring (bicyclic) bond motifs is 2. The summed E-state index contributed by atoms with van der Waals surface area (Å²) in [6.07, 6.45) is 3.42. The number of methoxy groups -OCH3 is 1. The summed E-state index contributed by atoms with van der Waals surface area (Å²) in [5.74, 6) is 0.472. The van der Waals surface area contributed by atoms with E-state index >= 15 is 4.39 Å². The van der Waals surface area contributed by atoms with Gasteiger partial charge in [0.05, 0.1) is 30.5 Å². The van der Waals surface area contributed by atoms with E-state index in [2.05, 4.69) is 34.1 Å². The van der Waals surface area contributed by atoms with Gasteiger partial charge in [-0.2, -0.15) is 0 Å². The van der Waals surface area contributed by atoms with Gasteiger partial charge >= 0.3 is 5.97 Å². The van der Waals surface area contributed by atoms with Crippen LogP contribution in [0.3, 0.4) is 0 Å². The minimum absolute atomic E-state index is 0.295. The molecule has 8 nitrogen and oxygen atoms in total. The molecule has 1 aliphatic rings. The zero-order valence-corrected chi connectivity index (χ0v) is 26.0. The molecule has 0 radical (unpaired) electrons. The zero-order valence-electron chi connectivity index (χ0n) is 26.0. The maximum Gasteiger partial charge on any atom is 0.340 e. The molecule has 46 heavy (non-hydrogen) atoms. The number of ether oxygens (including phenoxy) is 2. The van der Waals surface area contributed by atoms with Crippen molar-refractivity contribution < 1.29 is 18.7 Å². The summed E-state index contributed by atoms with van der Waals surface area (Å²) >= 11 is 0. The fourth-order valence-electron chi connectivity index (χ4n) is 6.17. The third-order valence-electron chi connectivity index (χ3n) is 8.46. The van der Waals surface area contributed by atoms with Crippen LogP contribution in [0, 0.1) is 5.82 Å². The lowest BCUT2D eigenvalue weighted by Gasteiger charge is -2.30. The van der Waals surface area contributed by atoms with Gasteiger partial charge in [0.1, 0.15) is 17.2 Å². The first kappa shape index (κ1) is 29.4. The van der Waals surface area contributed by atoms with Gasteiger partial charge in [-0.15, -0.1) is 0 Å². The predicted octanol–water partition coefficient (Wildman–Crippen LogP) is 7.49. The summed E-state index contributed by atoms with van der Waals surface area (Å²) in [4.78, 5) is 28.1. The summed E-state index contributed by atoms with van der Waals surface area (Å²) in [7, 11) is 1.34. The van der Waals surface area contributed by atoms with Crippen molar-refractivity contribution in [2.75, 3.05) is 18.6 Å². The van der Waals surface area contributed by atoms with Gasteiger partial charge in [0.2, 0.25) is 0 Å². The summed E-state index contributed by atoms with van der Waals surface area (Å²) < 4.78 is 29.5. The third kappa shape index (κ3) is 5.43. The van der Waals surface area contributed by atoms with Gasteiger partial charge in [-0.25, -0.2) is 19.2 Å². The Morgan fingerprint density at radius 2 is 1.67 bits per heavy atom. The number of benzene rings is 3. The number of esters is 1. The molecule has 4 heterocycles. The number of aromatic nitrogens is 4. The summed E-state index contributed by atoms with van der Waals surface area (Å²) in [6.45, 7) is 6.30. The topological polar surface area (TPSA) is 85.3 Å². The van der Waals surface area contributed by atoms with Crippen molar-refractivity contribution in [1.82, 2.24) is 19.5 Å². The molecule has 0 bridgehead atoms. The van der Waals surface area contributed by atoms with Crippen molar-refractivity contribution in [1.29, 1.82) is 0 Å². The zero-order chi connectivity index (χ0) is 31.8. The number of nitrogens with one attached hydrogen (secondary N) is 1. The van der Waals surface area contributed by atoms with Crippen LogP contribution in [0.1, 0.15) is 41.2 Å². The second-order valence-electron chi connectivity index (χ2n) is 12.0. The fraction of sp³-hybridized carbons (Fsp3) is 0.216. The van der Waals surface area contributed by atoms with E-state index in [1.54, 1.807) is 18.2 Å². The highest BCUT2D eigenvalue weighted by Crippen LogP contribution is 2.37. The number of pyridine rings is 1. The van der Waals surface area contributed by atoms with Crippen LogP contribution in [0.2, 0.25) is 0 Å². The van der Waals surface area contributed by atoms with E-state index in [0.717, 1.165) is 17.0 Å². The Bertz CT molecular complexity index is 1990. The lowest BCUT2D eigenvalue weighted by molar-refractivity contribution is -0.0539. The van der Waals surface area contributed by atoms with Crippen LogP contribution in [0.25, 0.3) is 33.4 Å². The SMILES string of the molecule is COC(=O)c1cnc(N(Cc2ccccc2)Cc2ccccc2)c2[nH]c(-c3cccc(-c4cn5c(n4)C(C)(C)OCC5)c3F)cc12. The first-order valence-electron chi connectivity index (χ1n) is 15.3. The lowest BCUT2D eigenvalue weighted by Crippen LogP contribution is -2.33. The molecule has 0 atom stereocenters. The molecule has 3 aromatic heterocycles. The first-order chi connectivity index (χ1) is 22.3. The largest absolute Gasteiger partial charge is 0.465 e. The molecule has 0 saturated carbocycles. The van der Waals surface area contributed by atoms with E-state index < -0.39 is 17.4 Å². The highest BCUT2D eigenvalue weighted by Gasteiger charge is 2.32. The molecule has 0 saturated heterocycles. The molecule has 0 unspecified atom stereocenters. The van der Waals surface area contributed by atoms with Crippen LogP contribution < -0.4 is 4.90 Å². The normalized spacial score (nSPS) is 13.8. The Morgan fingerprint density at radius 3 is 2.33 bits per heavy atom. The number of nitrogens with zero attached hydrogens (tertiary/aromatic N) is 4. The molecule has 3 aromatic carbocycles. The average molecular weight is 616 g/mol. The van der Waals surface area contributed by atoms with Crippen LogP contribution >= 0.6 is 0 Å². The van der Waals surface area contributed by atoms with Crippen molar-refractivity contribution in [2.45, 2.75) is 39.1 Å². The number of carbonyl (C=O) groups is 1. The lowest BCUT2D eigenvalue weighted by atomic mass is 10.0. The van der Waals surface area contributed by atoms with Gasteiger partial charge in [0.15, 0.2) is 5.82 Å². The Labute approximate surface area is 266 Å². The molecule has 0 fully saturated rings. The highest BCUT2D eigenvalue weighted by atomic mass is 19.1. The maximum atomic E-state index is 16.5. The smallest absolute Gasteiger partial charge is 0.340 e. The number of hydrogen-bond donors (Lipinski definition) is 1. The van der Waals surface area contributed by atoms with Crippen molar-refractivity contribution in [3.8, 4) is 22.5 Å². The Balaban J connectivity index is 1.36. The molecule has 7 rings (SSSR count). The van der Waals surface area contributed by atoms with Crippen LogP contribution in [-0.2, 0) is 34.7 Å². The van der Waals surface area contributed by atoms with Crippen LogP contribution in [-0.4, -0.2) is 39.2 Å². The van der Waals surface area contributed by atoms with Crippen molar-refractivity contribution in [3.05, 3.63) is 126 Å². The number of carbonyl (C=O) groups excluding carboxylic acids is 1. The molecular weight excluding hydrogens is 581 g/mol. The van der Waals surface area contributed by atoms with Crippen LogP contribution in [0.5, 0.6) is 0 Å². The van der Waals surface area contributed by atoms with Gasteiger partial charge in [-0.1, -0.05) is 66.7 Å². The van der Waals surface area contributed by atoms with Gasteiger partial charge < -0.3 is 23.9 Å². The third-order valence-corrected chi connectivity index (χ3v) is 8.46. The van der Waals surface area contributed by atoms with E-state index in [9.17, 15) is 4.79 Å². The molecule has 0 aliphatic carbocycles. The van der Waals surface area contributed by atoms with Gasteiger partial charge in [0.25, 0.3) is 0 Å². The first-order valence-corrected chi connectivity index (χ1v) is 15.3. The van der Waals surface area contributed by atoms with Crippen LogP contribution in [0.4, 0.5) is 10.2 Å². The monoisotopic (exact) mass is 615 g/mol. The number of rotatable bonds is 8. The number of imidazole rings is 1. The molecule has 6 aromatic rings. The quantitative estimate of drug-likeness (QED) is 0.179. The minimum atomic E-state index is -0.569. The molecule has 232 valence electrons. The summed E-state index contributed by atoms with van der Waals surface area (Å²) in [5, 5.41) is 0.596. The Hall–Kier alpha value is -5.28. The molecule has 0 amide bonds. The summed E-state index contributed by atoms with van der Waals surface area (Å²) in [5.41, 5.74) is 4.35. The molecule has 1 aliphatic heterocycles. The second-order valence-corrected chi connectivity index (χ2v) is 12.0. The molecule has 9 heteroatoms. The van der Waals surface area contributed by atoms with Gasteiger partial charge in [-0.3, -0.25) is 0 Å². The van der Waals surface area contributed by atoms with Gasteiger partial charge in [0, 0.05) is 54.2 Å². The Kier molecular flexibility index (Phi) is 7.62. The van der Waals surface area contributed by atoms with E-state index in [0.29, 0.717) is 71.0 Å². The predicted molar refractivity (Wildman–Crippen MR) is 176 cm³/mol. The molecule has 1 N–H and O–H groups in total. The van der Waals surface area contributed by atoms with E-state index in [1.165, 1.54) is 13.3 Å². The highest BCUT2D eigenvalue weighted by molar-refractivity contribution is 6.07. The number of aromatic amines is 1. The average Bonchev–Trinajstić information content (AvgIpc) is 3.71. The minimum Gasteiger partial charge on any atom is -0.465 e. The standard InChI is InChI=1S/C37H34FN5O3/c1-37(2)36-41-31(23-42(36)17-18-46-37)27-16-10-15-26(32(27)38)30-19-28-29(35(44)45-3)20-39-34(33(28)40-30)43(21-24-11-6-4-7-12-24)22-25-13-8-5-9-14-25/h4-16,19-20,23,40H,17-18,21-22H2,1-3H3. The molecular formula is C37H34FN5O3. The van der Waals surface area contributed by atoms with Crippen molar-refractivity contribution in [2.24, 2.45) is 0 Å². The summed E-state index contributed by atoms with van der Waals surface area (Å²) in [6, 6.07) is 27.4. The number of halogens is 1. The fourth-order valence-corrected chi connectivity index (χ4v) is 6.17. The Morgan fingerprint density at radius 1 is 1.00 bits per heavy atom. The van der Waals surface area contributed by atoms with Crippen molar-refractivity contribution in [3.63, 3.8) is 0 Å². The second kappa shape index (κ2) is 11.9. The van der Waals surface area contributed by atoms with Crippen molar-refractivity contribution >= 4 is 22.7 Å². The number of H-pyrrole nitrogens is 1. The van der Waals surface area contributed by atoms with E-state index in [-0.39, 0.29) is 0 Å². The van der Waals surface area contributed by atoms with E-state index in [1.807, 2.05) is 67.1 Å². The molecule has 0 spiro atoms. The number of anilines is 1. The van der Waals surface area contributed by atoms with E-state index in [4.69, 9.17) is 19.4 Å². The van der Waals surface area contributed by atoms with Gasteiger partial charge in [-0.05, 0) is 43.2 Å².